The van der Waals surface area contributed by atoms with Crippen LogP contribution in [0.4, 0.5) is 0 Å². The smallest absolute Gasteiger partial charge is 0.119 e. The Labute approximate surface area is 172 Å². The molecule has 0 spiro atoms. The fourth-order valence-corrected chi connectivity index (χ4v) is 3.14. The van der Waals surface area contributed by atoms with Crippen LogP contribution in [-0.4, -0.2) is 35.9 Å². The van der Waals surface area contributed by atoms with Crippen molar-refractivity contribution in [3.63, 3.8) is 0 Å². The van der Waals surface area contributed by atoms with Crippen molar-refractivity contribution in [2.45, 2.75) is 33.0 Å². The van der Waals surface area contributed by atoms with Crippen LogP contribution in [0.3, 0.4) is 0 Å². The molecular formula is C24H29NO4. The maximum Gasteiger partial charge on any atom is 0.119 e. The molecule has 154 valence electrons. The predicted octanol–water partition coefficient (Wildman–Crippen LogP) is 4.43. The Kier molecular flexibility index (Phi) is 7.73. The van der Waals surface area contributed by atoms with Gasteiger partial charge in [0.25, 0.3) is 0 Å². The van der Waals surface area contributed by atoms with Crippen molar-refractivity contribution in [2.75, 3.05) is 19.8 Å². The molecule has 3 aromatic rings. The zero-order valence-corrected chi connectivity index (χ0v) is 17.1. The second kappa shape index (κ2) is 10.7. The number of hydrogen-bond donors (Lipinski definition) is 1. The highest BCUT2D eigenvalue weighted by molar-refractivity contribution is 5.28. The maximum atomic E-state index is 10.6. The number of nitrogens with zero attached hydrogens (tertiary/aromatic N) is 1. The molecule has 0 saturated carbocycles. The summed E-state index contributed by atoms with van der Waals surface area (Å²) in [7, 11) is 0. The van der Waals surface area contributed by atoms with Crippen LogP contribution in [-0.2, 0) is 13.1 Å². The van der Waals surface area contributed by atoms with Gasteiger partial charge in [-0.1, -0.05) is 29.8 Å². The zero-order valence-electron chi connectivity index (χ0n) is 17.1. The molecule has 1 aromatic heterocycles. The molecule has 29 heavy (non-hydrogen) atoms. The average Bonchev–Trinajstić information content (AvgIpc) is 3.21. The fourth-order valence-electron chi connectivity index (χ4n) is 3.14. The summed E-state index contributed by atoms with van der Waals surface area (Å²) in [4.78, 5) is 2.15. The molecule has 0 bridgehead atoms. The summed E-state index contributed by atoms with van der Waals surface area (Å²) in [6.45, 7) is 6.61. The second-order valence-corrected chi connectivity index (χ2v) is 7.11. The third-order valence-corrected chi connectivity index (χ3v) is 4.51. The number of aryl methyl sites for hydroxylation is 1. The lowest BCUT2D eigenvalue weighted by Gasteiger charge is -2.24. The zero-order chi connectivity index (χ0) is 20.5. The molecule has 0 radical (unpaired) electrons. The van der Waals surface area contributed by atoms with Gasteiger partial charge in [0.15, 0.2) is 0 Å². The van der Waals surface area contributed by atoms with E-state index in [1.54, 1.807) is 6.26 Å². The molecular weight excluding hydrogens is 366 g/mol. The first-order valence-electron chi connectivity index (χ1n) is 9.96. The highest BCUT2D eigenvalue weighted by Crippen LogP contribution is 2.17. The van der Waals surface area contributed by atoms with Crippen molar-refractivity contribution >= 4 is 0 Å². The lowest BCUT2D eigenvalue weighted by molar-refractivity contribution is 0.0604. The molecule has 1 heterocycles. The number of rotatable bonds is 11. The monoisotopic (exact) mass is 395 g/mol. The molecule has 5 nitrogen and oxygen atoms in total. The minimum absolute atomic E-state index is 0.233. The fraction of sp³-hybridized carbons (Fsp3) is 0.333. The van der Waals surface area contributed by atoms with Crippen molar-refractivity contribution in [3.8, 4) is 11.5 Å². The van der Waals surface area contributed by atoms with Gasteiger partial charge in [-0.05, 0) is 55.8 Å². The maximum absolute atomic E-state index is 10.6. The summed E-state index contributed by atoms with van der Waals surface area (Å²) in [5.41, 5.74) is 2.30. The summed E-state index contributed by atoms with van der Waals surface area (Å²) in [5.74, 6) is 2.47. The molecule has 0 aliphatic heterocycles. The van der Waals surface area contributed by atoms with Crippen LogP contribution < -0.4 is 9.47 Å². The molecule has 3 rings (SSSR count). The predicted molar refractivity (Wildman–Crippen MR) is 113 cm³/mol. The van der Waals surface area contributed by atoms with E-state index in [1.165, 1.54) is 5.56 Å². The molecule has 1 atom stereocenters. The van der Waals surface area contributed by atoms with E-state index < -0.39 is 6.10 Å². The lowest BCUT2D eigenvalue weighted by atomic mass is 10.2. The van der Waals surface area contributed by atoms with E-state index in [-0.39, 0.29) is 6.61 Å². The van der Waals surface area contributed by atoms with Gasteiger partial charge in [0, 0.05) is 13.1 Å². The highest BCUT2D eigenvalue weighted by Gasteiger charge is 2.15. The third kappa shape index (κ3) is 6.97. The van der Waals surface area contributed by atoms with Crippen molar-refractivity contribution in [1.82, 2.24) is 4.90 Å². The van der Waals surface area contributed by atoms with E-state index in [0.29, 0.717) is 26.2 Å². The quantitative estimate of drug-likeness (QED) is 0.521. The third-order valence-electron chi connectivity index (χ3n) is 4.51. The Morgan fingerprint density at radius 1 is 0.966 bits per heavy atom. The van der Waals surface area contributed by atoms with E-state index in [9.17, 15) is 5.11 Å². The van der Waals surface area contributed by atoms with Gasteiger partial charge < -0.3 is 19.0 Å². The molecule has 1 unspecified atom stereocenters. The van der Waals surface area contributed by atoms with Crippen LogP contribution in [0, 0.1) is 6.92 Å². The normalized spacial score (nSPS) is 12.1. The standard InChI is InChI=1S/C24H29NO4/c1-3-27-23-7-4-6-20(14-23)15-25(17-24-8-5-13-28-24)16-21(26)18-29-22-11-9-19(2)10-12-22/h4-14,21,26H,3,15-18H2,1-2H3. The first-order chi connectivity index (χ1) is 14.1. The van der Waals surface area contributed by atoms with E-state index in [0.717, 1.165) is 22.8 Å². The van der Waals surface area contributed by atoms with Gasteiger partial charge in [0.05, 0.1) is 19.4 Å². The van der Waals surface area contributed by atoms with Crippen LogP contribution >= 0.6 is 0 Å². The SMILES string of the molecule is CCOc1cccc(CN(Cc2ccco2)CC(O)COc2ccc(C)cc2)c1. The number of benzene rings is 2. The van der Waals surface area contributed by atoms with Crippen molar-refractivity contribution < 1.29 is 19.0 Å². The van der Waals surface area contributed by atoms with Gasteiger partial charge in [-0.2, -0.15) is 0 Å². The summed E-state index contributed by atoms with van der Waals surface area (Å²) >= 11 is 0. The first-order valence-corrected chi connectivity index (χ1v) is 9.96. The Morgan fingerprint density at radius 3 is 2.52 bits per heavy atom. The van der Waals surface area contributed by atoms with Crippen LogP contribution in [0.15, 0.2) is 71.3 Å². The largest absolute Gasteiger partial charge is 0.494 e. The van der Waals surface area contributed by atoms with E-state index >= 15 is 0 Å². The highest BCUT2D eigenvalue weighted by atomic mass is 16.5. The topological polar surface area (TPSA) is 55.1 Å². The first kappa shape index (κ1) is 21.0. The number of hydrogen-bond acceptors (Lipinski definition) is 5. The second-order valence-electron chi connectivity index (χ2n) is 7.11. The van der Waals surface area contributed by atoms with Crippen LogP contribution in [0.25, 0.3) is 0 Å². The van der Waals surface area contributed by atoms with Crippen molar-refractivity contribution in [2.24, 2.45) is 0 Å². The van der Waals surface area contributed by atoms with Gasteiger partial charge >= 0.3 is 0 Å². The van der Waals surface area contributed by atoms with Gasteiger partial charge in [0.1, 0.15) is 30.0 Å². The molecule has 0 saturated heterocycles. The molecule has 0 aliphatic rings. The number of ether oxygens (including phenoxy) is 2. The van der Waals surface area contributed by atoms with Crippen molar-refractivity contribution in [1.29, 1.82) is 0 Å². The molecule has 1 N–H and O–H groups in total. The van der Waals surface area contributed by atoms with E-state index in [1.807, 2.05) is 68.4 Å². The molecule has 0 aliphatic carbocycles. The van der Waals surface area contributed by atoms with Crippen LogP contribution in [0.5, 0.6) is 11.5 Å². The summed E-state index contributed by atoms with van der Waals surface area (Å²) in [6, 6.07) is 19.7. The Bertz CT molecular complexity index is 846. The van der Waals surface area contributed by atoms with Crippen molar-refractivity contribution in [3.05, 3.63) is 83.8 Å². The van der Waals surface area contributed by atoms with Crippen LogP contribution in [0.1, 0.15) is 23.8 Å². The molecule has 0 amide bonds. The van der Waals surface area contributed by atoms with Gasteiger partial charge in [-0.3, -0.25) is 4.90 Å². The Hall–Kier alpha value is -2.76. The van der Waals surface area contributed by atoms with E-state index in [4.69, 9.17) is 13.9 Å². The number of aliphatic hydroxyl groups is 1. The minimum Gasteiger partial charge on any atom is -0.494 e. The minimum atomic E-state index is -0.624. The molecule has 2 aromatic carbocycles. The number of aliphatic hydroxyl groups excluding tert-OH is 1. The summed E-state index contributed by atoms with van der Waals surface area (Å²) in [5, 5.41) is 10.6. The van der Waals surface area contributed by atoms with Gasteiger partial charge in [0.2, 0.25) is 0 Å². The molecule has 0 fully saturated rings. The Balaban J connectivity index is 1.61. The summed E-state index contributed by atoms with van der Waals surface area (Å²) < 4.78 is 16.9. The lowest BCUT2D eigenvalue weighted by Crippen LogP contribution is -2.35. The van der Waals surface area contributed by atoms with E-state index in [2.05, 4.69) is 11.0 Å². The van der Waals surface area contributed by atoms with Gasteiger partial charge in [-0.15, -0.1) is 0 Å². The van der Waals surface area contributed by atoms with Crippen LogP contribution in [0.2, 0.25) is 0 Å². The average molecular weight is 395 g/mol. The Morgan fingerprint density at radius 2 is 1.79 bits per heavy atom. The molecule has 5 heteroatoms. The number of furan rings is 1. The summed E-state index contributed by atoms with van der Waals surface area (Å²) in [6.07, 6.45) is 1.04. The van der Waals surface area contributed by atoms with Gasteiger partial charge in [-0.25, -0.2) is 0 Å².